The number of nitrogens with one attached hydrogen (secondary N) is 2. The van der Waals surface area contributed by atoms with Gasteiger partial charge in [0.1, 0.15) is 0 Å². The molecule has 1 aromatic heterocycles. The van der Waals surface area contributed by atoms with E-state index in [2.05, 4.69) is 46.4 Å². The number of urea groups is 1. The van der Waals surface area contributed by atoms with Crippen LogP contribution in [0.15, 0.2) is 4.52 Å². The highest BCUT2D eigenvalue weighted by atomic mass is 16.5. The smallest absolute Gasteiger partial charge is 0.315 e. The van der Waals surface area contributed by atoms with Crippen LogP contribution in [0, 0.1) is 0 Å². The van der Waals surface area contributed by atoms with Crippen LogP contribution in [0.5, 0.6) is 0 Å². The molecule has 0 aliphatic carbocycles. The van der Waals surface area contributed by atoms with Crippen LogP contribution >= 0.6 is 0 Å². The third-order valence-electron chi connectivity index (χ3n) is 4.27. The van der Waals surface area contributed by atoms with Gasteiger partial charge >= 0.3 is 6.03 Å². The van der Waals surface area contributed by atoms with Gasteiger partial charge in [-0.05, 0) is 13.8 Å². The van der Waals surface area contributed by atoms with Crippen LogP contribution in [0.4, 0.5) is 4.79 Å². The molecule has 2 rings (SSSR count). The molecule has 2 heterocycles. The molecule has 0 radical (unpaired) electrons. The van der Waals surface area contributed by atoms with Gasteiger partial charge in [-0.25, -0.2) is 4.79 Å². The normalized spacial score (nSPS) is 23.2. The highest BCUT2D eigenvalue weighted by Gasteiger charge is 2.38. The molecule has 8 nitrogen and oxygen atoms in total. The molecule has 0 spiro atoms. The number of amides is 2. The Morgan fingerprint density at radius 1 is 1.46 bits per heavy atom. The molecule has 1 aliphatic heterocycles. The lowest BCUT2D eigenvalue weighted by molar-refractivity contribution is 0.0861. The second-order valence-corrected chi connectivity index (χ2v) is 7.22. The van der Waals surface area contributed by atoms with E-state index in [-0.39, 0.29) is 29.6 Å². The lowest BCUT2D eigenvalue weighted by Crippen LogP contribution is -2.48. The van der Waals surface area contributed by atoms with Gasteiger partial charge in [-0.1, -0.05) is 25.9 Å². The second-order valence-electron chi connectivity index (χ2n) is 7.22. The monoisotopic (exact) mass is 339 g/mol. The summed E-state index contributed by atoms with van der Waals surface area (Å²) in [5.74, 6) is 1.29. The van der Waals surface area contributed by atoms with Gasteiger partial charge in [0, 0.05) is 32.2 Å². The quantitative estimate of drug-likeness (QED) is 0.843. The van der Waals surface area contributed by atoms with Gasteiger partial charge in [0.25, 0.3) is 0 Å². The topological polar surface area (TPSA) is 92.5 Å². The molecular weight excluding hydrogens is 310 g/mol. The first-order chi connectivity index (χ1) is 11.3. The van der Waals surface area contributed by atoms with Gasteiger partial charge in [0.05, 0.1) is 18.2 Å². The fraction of sp³-hybridized carbons (Fsp3) is 0.812. The number of carbonyl (C=O) groups excluding carboxylic acids is 1. The van der Waals surface area contributed by atoms with Gasteiger partial charge in [0.15, 0.2) is 5.82 Å². The number of carbonyl (C=O) groups is 1. The van der Waals surface area contributed by atoms with Crippen molar-refractivity contribution < 1.29 is 14.1 Å². The van der Waals surface area contributed by atoms with Gasteiger partial charge in [-0.2, -0.15) is 4.98 Å². The molecule has 0 bridgehead atoms. The highest BCUT2D eigenvalue weighted by molar-refractivity contribution is 5.74. The molecular formula is C16H29N5O3. The zero-order chi connectivity index (χ0) is 17.9. The van der Waals surface area contributed by atoms with Crippen LogP contribution in [-0.2, 0) is 10.2 Å². The molecule has 8 heteroatoms. The molecule has 1 saturated heterocycles. The van der Waals surface area contributed by atoms with Gasteiger partial charge < -0.3 is 19.9 Å². The Morgan fingerprint density at radius 3 is 2.71 bits per heavy atom. The number of nitrogens with zero attached hydrogens (tertiary/aromatic N) is 3. The van der Waals surface area contributed by atoms with Crippen molar-refractivity contribution in [1.29, 1.82) is 0 Å². The summed E-state index contributed by atoms with van der Waals surface area (Å²) >= 11 is 0. The molecule has 2 N–H and O–H groups in total. The summed E-state index contributed by atoms with van der Waals surface area (Å²) in [4.78, 5) is 18.5. The number of hydrogen-bond acceptors (Lipinski definition) is 6. The first-order valence-corrected chi connectivity index (χ1v) is 8.41. The summed E-state index contributed by atoms with van der Waals surface area (Å²) < 4.78 is 11.0. The maximum atomic E-state index is 11.8. The number of rotatable bonds is 5. The van der Waals surface area contributed by atoms with Crippen LogP contribution < -0.4 is 10.6 Å². The van der Waals surface area contributed by atoms with Gasteiger partial charge in [0.2, 0.25) is 5.89 Å². The molecule has 2 amide bonds. The average Bonchev–Trinajstić information content (AvgIpc) is 3.13. The van der Waals surface area contributed by atoms with E-state index < -0.39 is 0 Å². The molecule has 0 saturated carbocycles. The van der Waals surface area contributed by atoms with E-state index in [0.29, 0.717) is 31.3 Å². The van der Waals surface area contributed by atoms with E-state index in [1.165, 1.54) is 0 Å². The predicted molar refractivity (Wildman–Crippen MR) is 89.8 cm³/mol. The Hall–Kier alpha value is -1.67. The summed E-state index contributed by atoms with van der Waals surface area (Å²) in [7, 11) is 1.66. The number of hydrogen-bond donors (Lipinski definition) is 2. The zero-order valence-corrected chi connectivity index (χ0v) is 15.4. The summed E-state index contributed by atoms with van der Waals surface area (Å²) in [6.07, 6.45) is -0.0694. The number of aromatic nitrogens is 2. The highest BCUT2D eigenvalue weighted by Crippen LogP contribution is 2.27. The Kier molecular flexibility index (Phi) is 5.82. The van der Waals surface area contributed by atoms with Crippen LogP contribution in [0.3, 0.4) is 0 Å². The molecule has 24 heavy (non-hydrogen) atoms. The molecule has 0 aromatic carbocycles. The van der Waals surface area contributed by atoms with Crippen molar-refractivity contribution in [2.24, 2.45) is 0 Å². The van der Waals surface area contributed by atoms with Crippen LogP contribution in [0.2, 0.25) is 0 Å². The largest absolute Gasteiger partial charge is 0.378 e. The van der Waals surface area contributed by atoms with Crippen LogP contribution in [-0.4, -0.2) is 60.0 Å². The van der Waals surface area contributed by atoms with Gasteiger partial charge in [-0.15, -0.1) is 0 Å². The van der Waals surface area contributed by atoms with Crippen LogP contribution in [0.25, 0.3) is 0 Å². The third-order valence-corrected chi connectivity index (χ3v) is 4.27. The van der Waals surface area contributed by atoms with Crippen molar-refractivity contribution >= 4 is 6.03 Å². The Balaban J connectivity index is 2.04. The maximum Gasteiger partial charge on any atom is 0.315 e. The van der Waals surface area contributed by atoms with E-state index in [9.17, 15) is 4.79 Å². The van der Waals surface area contributed by atoms with Crippen molar-refractivity contribution in [3.8, 4) is 0 Å². The number of methoxy groups -OCH3 is 1. The lowest BCUT2D eigenvalue weighted by Gasteiger charge is -2.20. The van der Waals surface area contributed by atoms with Crippen molar-refractivity contribution in [3.05, 3.63) is 11.7 Å². The molecule has 136 valence electrons. The summed E-state index contributed by atoms with van der Waals surface area (Å²) in [6.45, 7) is 12.0. The first kappa shape index (κ1) is 18.7. The Morgan fingerprint density at radius 2 is 2.17 bits per heavy atom. The Bertz CT molecular complexity index is 554. The fourth-order valence-corrected chi connectivity index (χ4v) is 2.74. The van der Waals surface area contributed by atoms with Crippen molar-refractivity contribution in [2.45, 2.75) is 58.2 Å². The summed E-state index contributed by atoms with van der Waals surface area (Å²) in [6, 6.07) is -0.284. The average molecular weight is 339 g/mol. The minimum absolute atomic E-state index is 0.0349. The van der Waals surface area contributed by atoms with Gasteiger partial charge in [-0.3, -0.25) is 4.90 Å². The molecule has 0 unspecified atom stereocenters. The van der Waals surface area contributed by atoms with Crippen LogP contribution in [0.1, 0.15) is 52.4 Å². The maximum absolute atomic E-state index is 11.8. The minimum atomic E-state index is -0.174. The predicted octanol–water partition coefficient (Wildman–Crippen LogP) is 1.45. The van der Waals surface area contributed by atoms with E-state index in [1.54, 1.807) is 7.11 Å². The SMILES string of the molecule is CCNC(=O)N[C@@H]1CN([C@@H](C)c2nc(C(C)(C)C)no2)C[C@@H]1OC. The molecule has 1 aromatic rings. The van der Waals surface area contributed by atoms with Crippen molar-refractivity contribution in [3.63, 3.8) is 0 Å². The van der Waals surface area contributed by atoms with Crippen molar-refractivity contribution in [2.75, 3.05) is 26.7 Å². The Labute approximate surface area is 143 Å². The first-order valence-electron chi connectivity index (χ1n) is 8.41. The van der Waals surface area contributed by atoms with E-state index in [1.807, 2.05) is 13.8 Å². The molecule has 1 fully saturated rings. The molecule has 3 atom stereocenters. The third kappa shape index (κ3) is 4.24. The van der Waals surface area contributed by atoms with E-state index in [0.717, 1.165) is 0 Å². The molecule has 1 aliphatic rings. The second kappa shape index (κ2) is 7.48. The van der Waals surface area contributed by atoms with E-state index >= 15 is 0 Å². The number of likely N-dealkylation sites (tertiary alicyclic amines) is 1. The number of ether oxygens (including phenoxy) is 1. The fourth-order valence-electron chi connectivity index (χ4n) is 2.74. The van der Waals surface area contributed by atoms with E-state index in [4.69, 9.17) is 9.26 Å². The summed E-state index contributed by atoms with van der Waals surface area (Å²) in [5.41, 5.74) is -0.149. The summed E-state index contributed by atoms with van der Waals surface area (Å²) in [5, 5.41) is 9.80. The minimum Gasteiger partial charge on any atom is -0.378 e. The lowest BCUT2D eigenvalue weighted by atomic mass is 9.96. The van der Waals surface area contributed by atoms with Crippen molar-refractivity contribution in [1.82, 2.24) is 25.7 Å². The standard InChI is InChI=1S/C16H29N5O3/c1-7-17-15(22)18-11-8-21(9-12(11)23-6)10(2)13-19-14(20-24-13)16(3,4)5/h10-12H,7-9H2,1-6H3,(H2,17,18,22)/t10-,11+,12-/m0/s1. The zero-order valence-electron chi connectivity index (χ0n) is 15.4.